The predicted molar refractivity (Wildman–Crippen MR) is 87.0 cm³/mol. The van der Waals surface area contributed by atoms with Crippen LogP contribution in [0.5, 0.6) is 0 Å². The van der Waals surface area contributed by atoms with Gasteiger partial charge in [0.15, 0.2) is 0 Å². The molecule has 2 heterocycles. The quantitative estimate of drug-likeness (QED) is 0.676. The van der Waals surface area contributed by atoms with Crippen molar-refractivity contribution in [2.45, 2.75) is 19.8 Å². The highest BCUT2D eigenvalue weighted by atomic mass is 14.6. The van der Waals surface area contributed by atoms with E-state index in [1.807, 2.05) is 24.5 Å². The summed E-state index contributed by atoms with van der Waals surface area (Å²) in [6, 6.07) is 14.8. The second kappa shape index (κ2) is 5.88. The highest BCUT2D eigenvalue weighted by Gasteiger charge is 2.10. The van der Waals surface area contributed by atoms with Crippen molar-refractivity contribution in [3.8, 4) is 22.3 Å². The Morgan fingerprint density at radius 3 is 1.90 bits per heavy atom. The van der Waals surface area contributed by atoms with Crippen molar-refractivity contribution >= 4 is 0 Å². The fourth-order valence-corrected chi connectivity index (χ4v) is 2.46. The molecule has 3 aromatic rings. The SMILES string of the molecule is CC(C)c1ccc(-c2cccnc2)c(-c2cccnc2)c1. The molecule has 2 aromatic heterocycles. The molecule has 0 unspecified atom stereocenters. The van der Waals surface area contributed by atoms with E-state index in [4.69, 9.17) is 0 Å². The van der Waals surface area contributed by atoms with E-state index >= 15 is 0 Å². The van der Waals surface area contributed by atoms with Gasteiger partial charge in [0.05, 0.1) is 0 Å². The minimum atomic E-state index is 0.503. The highest BCUT2D eigenvalue weighted by molar-refractivity contribution is 5.83. The Balaban J connectivity index is 2.21. The summed E-state index contributed by atoms with van der Waals surface area (Å²) in [5.74, 6) is 0.503. The predicted octanol–water partition coefficient (Wildman–Crippen LogP) is 4.93. The van der Waals surface area contributed by atoms with E-state index in [-0.39, 0.29) is 0 Å². The minimum absolute atomic E-state index is 0.503. The van der Waals surface area contributed by atoms with E-state index in [2.05, 4.69) is 54.1 Å². The van der Waals surface area contributed by atoms with Gasteiger partial charge < -0.3 is 0 Å². The standard InChI is InChI=1S/C19H18N2/c1-14(2)15-7-8-18(16-5-3-9-20-12-16)19(11-15)17-6-4-10-21-13-17/h3-14H,1-2H3. The molecule has 0 bridgehead atoms. The Morgan fingerprint density at radius 1 is 0.762 bits per heavy atom. The molecule has 0 fully saturated rings. The van der Waals surface area contributed by atoms with Crippen LogP contribution in [0.3, 0.4) is 0 Å². The molecule has 0 saturated carbocycles. The van der Waals surface area contributed by atoms with Crippen molar-refractivity contribution in [3.05, 3.63) is 72.8 Å². The number of benzene rings is 1. The van der Waals surface area contributed by atoms with Gasteiger partial charge in [-0.2, -0.15) is 0 Å². The lowest BCUT2D eigenvalue weighted by Gasteiger charge is -2.14. The van der Waals surface area contributed by atoms with Crippen LogP contribution in [-0.2, 0) is 0 Å². The van der Waals surface area contributed by atoms with Crippen LogP contribution in [0.1, 0.15) is 25.3 Å². The molecule has 0 aliphatic heterocycles. The molecular formula is C19H18N2. The van der Waals surface area contributed by atoms with Gasteiger partial charge in [0, 0.05) is 35.9 Å². The molecule has 0 spiro atoms. The van der Waals surface area contributed by atoms with Crippen LogP contribution in [0.15, 0.2) is 67.3 Å². The first-order valence-corrected chi connectivity index (χ1v) is 7.20. The Hall–Kier alpha value is -2.48. The van der Waals surface area contributed by atoms with Crippen molar-refractivity contribution < 1.29 is 0 Å². The molecule has 0 aliphatic carbocycles. The molecule has 0 radical (unpaired) electrons. The number of hydrogen-bond acceptors (Lipinski definition) is 2. The molecular weight excluding hydrogens is 256 g/mol. The zero-order valence-corrected chi connectivity index (χ0v) is 12.3. The second-order valence-corrected chi connectivity index (χ2v) is 5.44. The van der Waals surface area contributed by atoms with Crippen LogP contribution in [0.2, 0.25) is 0 Å². The third kappa shape index (κ3) is 2.84. The molecule has 3 rings (SSSR count). The Kier molecular flexibility index (Phi) is 3.78. The third-order valence-corrected chi connectivity index (χ3v) is 3.66. The van der Waals surface area contributed by atoms with Crippen LogP contribution in [0, 0.1) is 0 Å². The maximum atomic E-state index is 4.25. The van der Waals surface area contributed by atoms with Gasteiger partial charge >= 0.3 is 0 Å². The van der Waals surface area contributed by atoms with Gasteiger partial charge in [-0.05, 0) is 34.7 Å². The van der Waals surface area contributed by atoms with Gasteiger partial charge in [-0.15, -0.1) is 0 Å². The Morgan fingerprint density at radius 2 is 1.38 bits per heavy atom. The number of hydrogen-bond donors (Lipinski definition) is 0. The molecule has 1 aromatic carbocycles. The first kappa shape index (κ1) is 13.5. The van der Waals surface area contributed by atoms with Crippen molar-refractivity contribution in [1.82, 2.24) is 9.97 Å². The number of pyridine rings is 2. The van der Waals surface area contributed by atoms with E-state index in [1.165, 1.54) is 16.7 Å². The van der Waals surface area contributed by atoms with Gasteiger partial charge in [-0.1, -0.05) is 44.2 Å². The van der Waals surface area contributed by atoms with E-state index in [9.17, 15) is 0 Å². The van der Waals surface area contributed by atoms with Gasteiger partial charge in [-0.25, -0.2) is 0 Å². The van der Waals surface area contributed by atoms with Crippen molar-refractivity contribution in [2.24, 2.45) is 0 Å². The number of nitrogens with zero attached hydrogens (tertiary/aromatic N) is 2. The zero-order valence-electron chi connectivity index (χ0n) is 12.3. The van der Waals surface area contributed by atoms with Crippen LogP contribution in [0.4, 0.5) is 0 Å². The lowest BCUT2D eigenvalue weighted by molar-refractivity contribution is 0.867. The van der Waals surface area contributed by atoms with E-state index in [0.29, 0.717) is 5.92 Å². The topological polar surface area (TPSA) is 25.8 Å². The van der Waals surface area contributed by atoms with Crippen molar-refractivity contribution in [2.75, 3.05) is 0 Å². The Labute approximate surface area is 125 Å². The average molecular weight is 274 g/mol. The maximum absolute atomic E-state index is 4.25. The zero-order chi connectivity index (χ0) is 14.7. The van der Waals surface area contributed by atoms with Crippen molar-refractivity contribution in [1.29, 1.82) is 0 Å². The smallest absolute Gasteiger partial charge is 0.0346 e. The Bertz CT molecular complexity index is 719. The van der Waals surface area contributed by atoms with E-state index in [1.54, 1.807) is 12.4 Å². The molecule has 104 valence electrons. The molecule has 0 atom stereocenters. The molecule has 0 N–H and O–H groups in total. The fourth-order valence-electron chi connectivity index (χ4n) is 2.46. The average Bonchev–Trinajstić information content (AvgIpc) is 2.56. The molecule has 21 heavy (non-hydrogen) atoms. The van der Waals surface area contributed by atoms with Gasteiger partial charge in [0.25, 0.3) is 0 Å². The second-order valence-electron chi connectivity index (χ2n) is 5.44. The first-order chi connectivity index (χ1) is 10.3. The van der Waals surface area contributed by atoms with Gasteiger partial charge in [0.1, 0.15) is 0 Å². The maximum Gasteiger partial charge on any atom is 0.0346 e. The molecule has 0 amide bonds. The summed E-state index contributed by atoms with van der Waals surface area (Å²) in [4.78, 5) is 8.49. The summed E-state index contributed by atoms with van der Waals surface area (Å²) in [6.45, 7) is 4.43. The summed E-state index contributed by atoms with van der Waals surface area (Å²) in [5.41, 5.74) is 6.01. The summed E-state index contributed by atoms with van der Waals surface area (Å²) in [5, 5.41) is 0. The molecule has 0 saturated heterocycles. The van der Waals surface area contributed by atoms with Crippen LogP contribution < -0.4 is 0 Å². The lowest BCUT2D eigenvalue weighted by atomic mass is 9.91. The lowest BCUT2D eigenvalue weighted by Crippen LogP contribution is -1.92. The fraction of sp³-hybridized carbons (Fsp3) is 0.158. The van der Waals surface area contributed by atoms with Crippen LogP contribution >= 0.6 is 0 Å². The van der Waals surface area contributed by atoms with E-state index in [0.717, 1.165) is 11.1 Å². The van der Waals surface area contributed by atoms with Crippen LogP contribution in [-0.4, -0.2) is 9.97 Å². The number of aromatic nitrogens is 2. The summed E-state index contributed by atoms with van der Waals surface area (Å²) >= 11 is 0. The molecule has 2 nitrogen and oxygen atoms in total. The first-order valence-electron chi connectivity index (χ1n) is 7.20. The summed E-state index contributed by atoms with van der Waals surface area (Å²) in [7, 11) is 0. The third-order valence-electron chi connectivity index (χ3n) is 3.66. The van der Waals surface area contributed by atoms with Gasteiger partial charge in [0.2, 0.25) is 0 Å². The molecule has 0 aliphatic rings. The largest absolute Gasteiger partial charge is 0.264 e. The van der Waals surface area contributed by atoms with Gasteiger partial charge in [-0.3, -0.25) is 9.97 Å². The monoisotopic (exact) mass is 274 g/mol. The minimum Gasteiger partial charge on any atom is -0.264 e. The normalized spacial score (nSPS) is 10.8. The van der Waals surface area contributed by atoms with Crippen LogP contribution in [0.25, 0.3) is 22.3 Å². The summed E-state index contributed by atoms with van der Waals surface area (Å²) < 4.78 is 0. The van der Waals surface area contributed by atoms with Crippen molar-refractivity contribution in [3.63, 3.8) is 0 Å². The highest BCUT2D eigenvalue weighted by Crippen LogP contribution is 2.33. The van der Waals surface area contributed by atoms with E-state index < -0.39 is 0 Å². The molecule has 2 heteroatoms. The summed E-state index contributed by atoms with van der Waals surface area (Å²) in [6.07, 6.45) is 7.43. The number of rotatable bonds is 3.